The summed E-state index contributed by atoms with van der Waals surface area (Å²) in [5, 5.41) is 0. The van der Waals surface area contributed by atoms with Gasteiger partial charge in [-0.1, -0.05) is 18.2 Å². The van der Waals surface area contributed by atoms with Crippen LogP contribution in [0, 0.1) is 0 Å². The van der Waals surface area contributed by atoms with Crippen LogP contribution in [0.3, 0.4) is 0 Å². The summed E-state index contributed by atoms with van der Waals surface area (Å²) in [6, 6.07) is 6.30. The molecule has 2 atom stereocenters. The number of nitrogens with one attached hydrogen (secondary N) is 1. The summed E-state index contributed by atoms with van der Waals surface area (Å²) in [5.74, 6) is 0. The van der Waals surface area contributed by atoms with Crippen molar-refractivity contribution in [3.8, 4) is 0 Å². The molecule has 1 aromatic carbocycles. The molecule has 0 aliphatic carbocycles. The number of hydrogen-bond donors (Lipinski definition) is 1. The second kappa shape index (κ2) is 5.21. The molecule has 100 valence electrons. The van der Waals surface area contributed by atoms with Crippen LogP contribution >= 0.6 is 0 Å². The van der Waals surface area contributed by atoms with Crippen LogP contribution in [0.25, 0.3) is 0 Å². The van der Waals surface area contributed by atoms with Crippen molar-refractivity contribution >= 4 is 11.4 Å². The molecule has 3 nitrogen and oxygen atoms in total. The second-order valence-corrected chi connectivity index (χ2v) is 7.70. The van der Waals surface area contributed by atoms with Gasteiger partial charge in [0, 0.05) is 11.4 Å². The summed E-state index contributed by atoms with van der Waals surface area (Å²) >= 11 is -1.06. The van der Waals surface area contributed by atoms with Gasteiger partial charge in [-0.25, -0.2) is 0 Å². The van der Waals surface area contributed by atoms with Crippen molar-refractivity contribution in [3.05, 3.63) is 34.9 Å². The zero-order valence-corrected chi connectivity index (χ0v) is 12.3. The maximum atomic E-state index is 12.1. The van der Waals surface area contributed by atoms with Crippen LogP contribution in [0.5, 0.6) is 0 Å². The van der Waals surface area contributed by atoms with Gasteiger partial charge in [-0.3, -0.25) is 0 Å². The third-order valence-corrected chi connectivity index (χ3v) is 4.80. The molecule has 0 amide bonds. The summed E-state index contributed by atoms with van der Waals surface area (Å²) in [6.07, 6.45) is 0. The zero-order chi connectivity index (χ0) is 13.3. The van der Waals surface area contributed by atoms with Gasteiger partial charge in [0.05, 0.1) is 19.3 Å². The van der Waals surface area contributed by atoms with Gasteiger partial charge in [-0.15, -0.1) is 4.72 Å². The van der Waals surface area contributed by atoms with E-state index >= 15 is 0 Å². The highest BCUT2D eigenvalue weighted by Crippen LogP contribution is 2.28. The number of hydrogen-bond acceptors (Lipinski definition) is 3. The van der Waals surface area contributed by atoms with Gasteiger partial charge >= 0.3 is 0 Å². The van der Waals surface area contributed by atoms with Gasteiger partial charge in [0.2, 0.25) is 0 Å². The molecule has 1 N–H and O–H groups in total. The average molecular weight is 267 g/mol. The molecular formula is C14H21NO2S. The van der Waals surface area contributed by atoms with Crippen molar-refractivity contribution in [1.29, 1.82) is 0 Å². The van der Waals surface area contributed by atoms with Crippen molar-refractivity contribution in [1.82, 2.24) is 4.72 Å². The summed E-state index contributed by atoms with van der Waals surface area (Å²) in [7, 11) is 0. The van der Waals surface area contributed by atoms with Gasteiger partial charge in [0.15, 0.2) is 0 Å². The molecule has 4 heteroatoms. The Labute approximate surface area is 112 Å². The molecule has 0 aromatic heterocycles. The number of fused-ring (bicyclic) bond motifs is 1. The van der Waals surface area contributed by atoms with Gasteiger partial charge in [-0.05, 0) is 44.4 Å². The molecule has 2 rings (SSSR count). The van der Waals surface area contributed by atoms with Crippen LogP contribution in [-0.2, 0) is 29.3 Å². The second-order valence-electron chi connectivity index (χ2n) is 5.70. The fraction of sp³-hybridized carbons (Fsp3) is 0.571. The molecule has 1 aromatic rings. The molecule has 0 fully saturated rings. The Morgan fingerprint density at radius 3 is 2.72 bits per heavy atom. The quantitative estimate of drug-likeness (QED) is 0.856. The van der Waals surface area contributed by atoms with E-state index in [0.29, 0.717) is 13.2 Å². The van der Waals surface area contributed by atoms with E-state index < -0.39 is 11.4 Å². The average Bonchev–Trinajstić information content (AvgIpc) is 2.74. The van der Waals surface area contributed by atoms with Crippen LogP contribution in [0.4, 0.5) is 0 Å². The van der Waals surface area contributed by atoms with E-state index in [1.807, 2.05) is 26.8 Å². The lowest BCUT2D eigenvalue weighted by Gasteiger charge is -2.27. The zero-order valence-electron chi connectivity index (χ0n) is 11.4. The Balaban J connectivity index is 2.15. The number of ether oxygens (including phenoxy) is 1. The van der Waals surface area contributed by atoms with Gasteiger partial charge < -0.3 is 9.29 Å². The summed E-state index contributed by atoms with van der Waals surface area (Å²) < 4.78 is 20.5. The fourth-order valence-corrected chi connectivity index (χ4v) is 2.84. The van der Waals surface area contributed by atoms with Crippen LogP contribution < -0.4 is 4.72 Å². The molecule has 0 saturated heterocycles. The van der Waals surface area contributed by atoms with Crippen molar-refractivity contribution in [3.63, 3.8) is 0 Å². The predicted octanol–water partition coefficient (Wildman–Crippen LogP) is 2.83. The third-order valence-electron chi connectivity index (χ3n) is 3.12. The van der Waals surface area contributed by atoms with Crippen LogP contribution in [0.15, 0.2) is 18.2 Å². The topological polar surface area (TPSA) is 44.3 Å². The van der Waals surface area contributed by atoms with Crippen molar-refractivity contribution < 1.29 is 9.29 Å². The van der Waals surface area contributed by atoms with Crippen molar-refractivity contribution in [2.24, 2.45) is 0 Å². The molecule has 0 radical (unpaired) electrons. The molecule has 1 aliphatic heterocycles. The van der Waals surface area contributed by atoms with E-state index in [2.05, 4.69) is 23.8 Å². The normalized spacial score (nSPS) is 18.5. The predicted molar refractivity (Wildman–Crippen MR) is 74.4 cm³/mol. The van der Waals surface area contributed by atoms with E-state index in [9.17, 15) is 4.55 Å². The van der Waals surface area contributed by atoms with E-state index in [4.69, 9.17) is 4.74 Å². The first-order chi connectivity index (χ1) is 8.39. The van der Waals surface area contributed by atoms with Crippen molar-refractivity contribution in [2.45, 2.75) is 51.7 Å². The van der Waals surface area contributed by atoms with Crippen molar-refractivity contribution in [2.75, 3.05) is 0 Å². The Hall–Kier alpha value is -0.550. The molecule has 2 unspecified atom stereocenters. The van der Waals surface area contributed by atoms with Crippen LogP contribution in [0.1, 0.15) is 50.4 Å². The highest BCUT2D eigenvalue weighted by Gasteiger charge is 2.29. The molecular weight excluding hydrogens is 246 g/mol. The lowest BCUT2D eigenvalue weighted by atomic mass is 9.99. The van der Waals surface area contributed by atoms with E-state index in [-0.39, 0.29) is 10.8 Å². The SMILES string of the molecule is CC(N[S+]([O-])C(C)(C)C)c1cccc2c1COC2. The Bertz CT molecular complexity index is 428. The molecule has 1 aliphatic rings. The van der Waals surface area contributed by atoms with E-state index in [1.54, 1.807) is 0 Å². The monoisotopic (exact) mass is 267 g/mol. The van der Waals surface area contributed by atoms with Gasteiger partial charge in [-0.2, -0.15) is 0 Å². The highest BCUT2D eigenvalue weighted by molar-refractivity contribution is 7.90. The molecule has 0 spiro atoms. The Kier molecular flexibility index (Phi) is 4.02. The minimum atomic E-state index is -1.06. The van der Waals surface area contributed by atoms with Crippen LogP contribution in [-0.4, -0.2) is 9.30 Å². The highest BCUT2D eigenvalue weighted by atomic mass is 32.2. The molecule has 18 heavy (non-hydrogen) atoms. The maximum Gasteiger partial charge on any atom is 0.136 e. The molecule has 0 saturated carbocycles. The standard InChI is InChI=1S/C14H21NO2S/c1-10(15-18(16)14(2,3)4)12-7-5-6-11-8-17-9-13(11)12/h5-7,10,15H,8-9H2,1-4H3. The lowest BCUT2D eigenvalue weighted by Crippen LogP contribution is -2.40. The summed E-state index contributed by atoms with van der Waals surface area (Å²) in [5.41, 5.74) is 3.70. The number of benzene rings is 1. The smallest absolute Gasteiger partial charge is 0.136 e. The molecule has 0 bridgehead atoms. The maximum absolute atomic E-state index is 12.1. The first kappa shape index (κ1) is 13.9. The van der Waals surface area contributed by atoms with Crippen LogP contribution in [0.2, 0.25) is 0 Å². The fourth-order valence-electron chi connectivity index (χ4n) is 2.04. The first-order valence-electron chi connectivity index (χ1n) is 6.26. The third kappa shape index (κ3) is 2.88. The lowest BCUT2D eigenvalue weighted by molar-refractivity contribution is 0.134. The summed E-state index contributed by atoms with van der Waals surface area (Å²) in [4.78, 5) is 0. The van der Waals surface area contributed by atoms with Gasteiger partial charge in [0.1, 0.15) is 4.75 Å². The first-order valence-corrected chi connectivity index (χ1v) is 7.41. The summed E-state index contributed by atoms with van der Waals surface area (Å²) in [6.45, 7) is 9.33. The minimum Gasteiger partial charge on any atom is -0.598 e. The Morgan fingerprint density at radius 2 is 2.06 bits per heavy atom. The minimum absolute atomic E-state index is 0.0710. The molecule has 1 heterocycles. The van der Waals surface area contributed by atoms with Gasteiger partial charge in [0.25, 0.3) is 0 Å². The Morgan fingerprint density at radius 1 is 1.33 bits per heavy atom. The van der Waals surface area contributed by atoms with E-state index in [0.717, 1.165) is 0 Å². The number of rotatable bonds is 3. The van der Waals surface area contributed by atoms with E-state index in [1.165, 1.54) is 16.7 Å². The largest absolute Gasteiger partial charge is 0.598 e.